The van der Waals surface area contributed by atoms with Gasteiger partial charge in [-0.05, 0) is 32.1 Å². The predicted octanol–water partition coefficient (Wildman–Crippen LogP) is 2.05. The van der Waals surface area contributed by atoms with Crippen molar-refractivity contribution in [1.29, 1.82) is 0 Å². The molecule has 4 nitrogen and oxygen atoms in total. The second kappa shape index (κ2) is 6.17. The molecule has 0 radical (unpaired) electrons. The molecule has 0 saturated carbocycles. The Morgan fingerprint density at radius 1 is 1.26 bits per heavy atom. The SMILES string of the molecule is CCN(CC)CC(O)Cn1c(C)nc2ccccc21. The summed E-state index contributed by atoms with van der Waals surface area (Å²) in [6.07, 6.45) is -0.365. The van der Waals surface area contributed by atoms with E-state index in [0.717, 1.165) is 29.9 Å². The molecule has 104 valence electrons. The molecule has 4 heteroatoms. The van der Waals surface area contributed by atoms with Crippen LogP contribution in [0.2, 0.25) is 0 Å². The van der Waals surface area contributed by atoms with Gasteiger partial charge in [0.15, 0.2) is 0 Å². The van der Waals surface area contributed by atoms with Crippen molar-refractivity contribution in [2.75, 3.05) is 19.6 Å². The molecular weight excluding hydrogens is 238 g/mol. The fourth-order valence-corrected chi connectivity index (χ4v) is 2.47. The zero-order valence-corrected chi connectivity index (χ0v) is 12.0. The molecule has 1 unspecified atom stereocenters. The summed E-state index contributed by atoms with van der Waals surface area (Å²) in [6.45, 7) is 9.47. The number of aliphatic hydroxyl groups excluding tert-OH is 1. The maximum atomic E-state index is 10.2. The van der Waals surface area contributed by atoms with E-state index in [1.165, 1.54) is 0 Å². The maximum absolute atomic E-state index is 10.2. The van der Waals surface area contributed by atoms with Crippen molar-refractivity contribution < 1.29 is 5.11 Å². The number of fused-ring (bicyclic) bond motifs is 1. The number of imidazole rings is 1. The van der Waals surface area contributed by atoms with Crippen molar-refractivity contribution in [2.24, 2.45) is 0 Å². The van der Waals surface area contributed by atoms with Gasteiger partial charge in [-0.3, -0.25) is 0 Å². The second-order valence-electron chi connectivity index (χ2n) is 4.90. The predicted molar refractivity (Wildman–Crippen MR) is 78.3 cm³/mol. The third-order valence-corrected chi connectivity index (χ3v) is 3.60. The van der Waals surface area contributed by atoms with Crippen LogP contribution in [0, 0.1) is 6.92 Å². The van der Waals surface area contributed by atoms with Crippen LogP contribution in [-0.2, 0) is 6.54 Å². The Bertz CT molecular complexity index is 531. The molecule has 0 fully saturated rings. The largest absolute Gasteiger partial charge is 0.390 e. The van der Waals surface area contributed by atoms with E-state index in [0.29, 0.717) is 13.1 Å². The molecule has 1 aromatic heterocycles. The number of rotatable bonds is 6. The average molecular weight is 261 g/mol. The smallest absolute Gasteiger partial charge is 0.106 e. The van der Waals surface area contributed by atoms with Gasteiger partial charge in [-0.1, -0.05) is 26.0 Å². The van der Waals surface area contributed by atoms with Gasteiger partial charge < -0.3 is 14.6 Å². The highest BCUT2D eigenvalue weighted by atomic mass is 16.3. The number of benzene rings is 1. The molecular formula is C15H23N3O. The standard InChI is InChI=1S/C15H23N3O/c1-4-17(5-2)10-13(19)11-18-12(3)16-14-8-6-7-9-15(14)18/h6-9,13,19H,4-5,10-11H2,1-3H3. The Labute approximate surface area is 114 Å². The zero-order valence-electron chi connectivity index (χ0n) is 12.0. The van der Waals surface area contributed by atoms with Crippen molar-refractivity contribution in [1.82, 2.24) is 14.5 Å². The van der Waals surface area contributed by atoms with Crippen LogP contribution in [-0.4, -0.2) is 45.3 Å². The van der Waals surface area contributed by atoms with Gasteiger partial charge in [-0.2, -0.15) is 0 Å². The van der Waals surface area contributed by atoms with E-state index in [-0.39, 0.29) is 6.10 Å². The second-order valence-corrected chi connectivity index (χ2v) is 4.90. The fraction of sp³-hybridized carbons (Fsp3) is 0.533. The highest BCUT2D eigenvalue weighted by molar-refractivity contribution is 5.75. The number of aryl methyl sites for hydroxylation is 1. The molecule has 0 saturated heterocycles. The van der Waals surface area contributed by atoms with Crippen molar-refractivity contribution in [3.8, 4) is 0 Å². The Hall–Kier alpha value is -1.39. The molecule has 0 amide bonds. The summed E-state index contributed by atoms with van der Waals surface area (Å²) in [5.74, 6) is 0.958. The summed E-state index contributed by atoms with van der Waals surface area (Å²) < 4.78 is 2.10. The third kappa shape index (κ3) is 3.14. The Balaban J connectivity index is 2.14. The molecule has 1 atom stereocenters. The van der Waals surface area contributed by atoms with Crippen LogP contribution in [0.1, 0.15) is 19.7 Å². The lowest BCUT2D eigenvalue weighted by Gasteiger charge is -2.22. The molecule has 1 N–H and O–H groups in total. The van der Waals surface area contributed by atoms with Crippen LogP contribution in [0.5, 0.6) is 0 Å². The van der Waals surface area contributed by atoms with Gasteiger partial charge in [-0.25, -0.2) is 4.98 Å². The van der Waals surface area contributed by atoms with E-state index in [2.05, 4.69) is 34.4 Å². The van der Waals surface area contributed by atoms with Crippen LogP contribution in [0.25, 0.3) is 11.0 Å². The van der Waals surface area contributed by atoms with Crippen LogP contribution >= 0.6 is 0 Å². The number of para-hydroxylation sites is 2. The zero-order chi connectivity index (χ0) is 13.8. The number of hydrogen-bond donors (Lipinski definition) is 1. The van der Waals surface area contributed by atoms with Gasteiger partial charge in [0, 0.05) is 6.54 Å². The molecule has 1 aromatic carbocycles. The maximum Gasteiger partial charge on any atom is 0.106 e. The van der Waals surface area contributed by atoms with Crippen LogP contribution in [0.3, 0.4) is 0 Å². The summed E-state index contributed by atoms with van der Waals surface area (Å²) >= 11 is 0. The van der Waals surface area contributed by atoms with E-state index in [1.54, 1.807) is 0 Å². The van der Waals surface area contributed by atoms with Gasteiger partial charge in [0.25, 0.3) is 0 Å². The van der Waals surface area contributed by atoms with E-state index in [9.17, 15) is 5.11 Å². The fourth-order valence-electron chi connectivity index (χ4n) is 2.47. The first-order valence-corrected chi connectivity index (χ1v) is 6.98. The Morgan fingerprint density at radius 3 is 2.63 bits per heavy atom. The molecule has 0 aliphatic heterocycles. The quantitative estimate of drug-likeness (QED) is 0.865. The van der Waals surface area contributed by atoms with Gasteiger partial charge in [0.05, 0.1) is 23.7 Å². The molecule has 2 rings (SSSR count). The number of aliphatic hydroxyl groups is 1. The summed E-state index contributed by atoms with van der Waals surface area (Å²) in [7, 11) is 0. The van der Waals surface area contributed by atoms with Crippen molar-refractivity contribution in [2.45, 2.75) is 33.4 Å². The normalized spacial score (nSPS) is 13.3. The summed E-state index contributed by atoms with van der Waals surface area (Å²) in [6, 6.07) is 8.07. The number of aromatic nitrogens is 2. The first-order valence-electron chi connectivity index (χ1n) is 6.98. The molecule has 2 aromatic rings. The first kappa shape index (κ1) is 14.0. The van der Waals surface area contributed by atoms with E-state index < -0.39 is 0 Å². The van der Waals surface area contributed by atoms with Crippen molar-refractivity contribution in [3.63, 3.8) is 0 Å². The molecule has 0 bridgehead atoms. The highest BCUT2D eigenvalue weighted by Crippen LogP contribution is 2.16. The molecule has 0 aliphatic rings. The molecule has 19 heavy (non-hydrogen) atoms. The van der Waals surface area contributed by atoms with Crippen molar-refractivity contribution in [3.05, 3.63) is 30.1 Å². The van der Waals surface area contributed by atoms with Gasteiger partial charge in [0.1, 0.15) is 5.82 Å². The minimum absolute atomic E-state index is 0.365. The minimum Gasteiger partial charge on any atom is -0.390 e. The van der Waals surface area contributed by atoms with E-state index in [1.807, 2.05) is 25.1 Å². The van der Waals surface area contributed by atoms with Crippen LogP contribution in [0.4, 0.5) is 0 Å². The highest BCUT2D eigenvalue weighted by Gasteiger charge is 2.13. The lowest BCUT2D eigenvalue weighted by molar-refractivity contribution is 0.103. The average Bonchev–Trinajstić information content (AvgIpc) is 2.72. The van der Waals surface area contributed by atoms with E-state index >= 15 is 0 Å². The molecule has 1 heterocycles. The summed E-state index contributed by atoms with van der Waals surface area (Å²) in [5.41, 5.74) is 2.09. The van der Waals surface area contributed by atoms with Crippen molar-refractivity contribution >= 4 is 11.0 Å². The summed E-state index contributed by atoms with van der Waals surface area (Å²) in [5, 5.41) is 10.2. The number of nitrogens with zero attached hydrogens (tertiary/aromatic N) is 3. The van der Waals surface area contributed by atoms with Gasteiger partial charge >= 0.3 is 0 Å². The van der Waals surface area contributed by atoms with Gasteiger partial charge in [0.2, 0.25) is 0 Å². The summed E-state index contributed by atoms with van der Waals surface area (Å²) in [4.78, 5) is 6.76. The first-order chi connectivity index (χ1) is 9.15. The lowest BCUT2D eigenvalue weighted by atomic mass is 10.3. The van der Waals surface area contributed by atoms with E-state index in [4.69, 9.17) is 0 Å². The number of likely N-dealkylation sites (N-methyl/N-ethyl adjacent to an activating group) is 1. The Morgan fingerprint density at radius 2 is 1.95 bits per heavy atom. The van der Waals surface area contributed by atoms with Crippen LogP contribution < -0.4 is 0 Å². The molecule has 0 aliphatic carbocycles. The topological polar surface area (TPSA) is 41.3 Å². The van der Waals surface area contributed by atoms with Gasteiger partial charge in [-0.15, -0.1) is 0 Å². The van der Waals surface area contributed by atoms with Crippen LogP contribution in [0.15, 0.2) is 24.3 Å². The number of hydrogen-bond acceptors (Lipinski definition) is 3. The monoisotopic (exact) mass is 261 g/mol. The lowest BCUT2D eigenvalue weighted by Crippen LogP contribution is -2.34. The Kier molecular flexibility index (Phi) is 4.56. The molecule has 0 spiro atoms. The third-order valence-electron chi connectivity index (χ3n) is 3.60. The minimum atomic E-state index is -0.365.